The highest BCUT2D eigenvalue weighted by atomic mass is 32.2. The van der Waals surface area contributed by atoms with Crippen molar-refractivity contribution >= 4 is 38.7 Å². The van der Waals surface area contributed by atoms with Crippen molar-refractivity contribution in [3.63, 3.8) is 0 Å². The molecule has 0 radical (unpaired) electrons. The Balaban J connectivity index is 1.46. The quantitative estimate of drug-likeness (QED) is 0.529. The van der Waals surface area contributed by atoms with Gasteiger partial charge in [0.05, 0.1) is 28.5 Å². The zero-order valence-corrected chi connectivity index (χ0v) is 19.6. The van der Waals surface area contributed by atoms with Crippen molar-refractivity contribution in [1.82, 2.24) is 8.87 Å². The number of piperidine rings is 1. The number of fused-ring (bicyclic) bond motifs is 1. The Bertz CT molecular complexity index is 1390. The summed E-state index contributed by atoms with van der Waals surface area (Å²) in [6.07, 6.45) is 1.08. The first-order valence-electron chi connectivity index (χ1n) is 10.9. The van der Waals surface area contributed by atoms with Gasteiger partial charge in [-0.25, -0.2) is 18.0 Å². The highest BCUT2D eigenvalue weighted by molar-refractivity contribution is 7.89. The average molecular weight is 488 g/mol. The van der Waals surface area contributed by atoms with Crippen LogP contribution in [0.2, 0.25) is 0 Å². The largest absolute Gasteiger partial charge is 0.462 e. The number of aromatic nitrogens is 1. The summed E-state index contributed by atoms with van der Waals surface area (Å²) < 4.78 is 39.1. The maximum Gasteiger partial charge on any atom is 0.419 e. The van der Waals surface area contributed by atoms with Crippen molar-refractivity contribution in [2.45, 2.75) is 24.7 Å². The number of hydrogen-bond donors (Lipinski definition) is 1. The van der Waals surface area contributed by atoms with Crippen LogP contribution in [-0.2, 0) is 26.6 Å². The minimum absolute atomic E-state index is 0.00459. The minimum Gasteiger partial charge on any atom is -0.462 e. The number of amides is 1. The van der Waals surface area contributed by atoms with Crippen LogP contribution in [-0.4, -0.2) is 48.9 Å². The lowest BCUT2D eigenvalue weighted by molar-refractivity contribution is -0.120. The molecule has 10 nitrogen and oxygen atoms in total. The summed E-state index contributed by atoms with van der Waals surface area (Å²) in [7, 11) is -2.34. The van der Waals surface area contributed by atoms with E-state index >= 15 is 0 Å². The molecule has 3 aromatic rings. The van der Waals surface area contributed by atoms with Crippen LogP contribution in [0.1, 0.15) is 30.1 Å². The van der Waals surface area contributed by atoms with Crippen LogP contribution in [0.5, 0.6) is 0 Å². The third-order valence-corrected chi connectivity index (χ3v) is 7.68. The number of hydrogen-bond acceptors (Lipinski definition) is 7. The minimum atomic E-state index is -3.89. The molecule has 180 valence electrons. The van der Waals surface area contributed by atoms with E-state index in [4.69, 9.17) is 9.15 Å². The second-order valence-corrected chi connectivity index (χ2v) is 9.98. The number of nitrogens with zero attached hydrogens (tertiary/aromatic N) is 2. The van der Waals surface area contributed by atoms with Crippen molar-refractivity contribution in [3.8, 4) is 0 Å². The molecule has 0 unspecified atom stereocenters. The summed E-state index contributed by atoms with van der Waals surface area (Å²) in [4.78, 5) is 36.3. The van der Waals surface area contributed by atoms with Crippen LogP contribution >= 0.6 is 0 Å². The van der Waals surface area contributed by atoms with Crippen LogP contribution in [0.3, 0.4) is 0 Å². The molecule has 1 atom stereocenters. The molecule has 1 saturated heterocycles. The van der Waals surface area contributed by atoms with Crippen molar-refractivity contribution < 1.29 is 27.2 Å². The Kier molecular flexibility index (Phi) is 6.58. The molecule has 0 saturated carbocycles. The number of aryl methyl sites for hydroxylation is 1. The lowest BCUT2D eigenvalue weighted by Gasteiger charge is -2.31. The van der Waals surface area contributed by atoms with Gasteiger partial charge in [-0.2, -0.15) is 4.31 Å². The zero-order valence-electron chi connectivity index (χ0n) is 18.8. The third-order valence-electron chi connectivity index (χ3n) is 5.82. The van der Waals surface area contributed by atoms with Gasteiger partial charge in [0.15, 0.2) is 5.58 Å². The number of benzene rings is 2. The van der Waals surface area contributed by atoms with Gasteiger partial charge in [-0.1, -0.05) is 0 Å². The normalized spacial score (nSPS) is 16.9. The fourth-order valence-electron chi connectivity index (χ4n) is 3.95. The van der Waals surface area contributed by atoms with Crippen LogP contribution in [0.25, 0.3) is 11.1 Å². The Morgan fingerprint density at radius 1 is 1.18 bits per heavy atom. The molecule has 1 fully saturated rings. The summed E-state index contributed by atoms with van der Waals surface area (Å²) >= 11 is 0. The first-order valence-corrected chi connectivity index (χ1v) is 12.3. The second-order valence-electron chi connectivity index (χ2n) is 8.05. The Hall–Kier alpha value is -3.44. The van der Waals surface area contributed by atoms with Gasteiger partial charge >= 0.3 is 11.7 Å². The van der Waals surface area contributed by atoms with E-state index in [1.807, 2.05) is 0 Å². The van der Waals surface area contributed by atoms with Gasteiger partial charge in [0.2, 0.25) is 15.9 Å². The molecule has 34 heavy (non-hydrogen) atoms. The molecule has 1 aromatic heterocycles. The van der Waals surface area contributed by atoms with Crippen molar-refractivity contribution in [1.29, 1.82) is 0 Å². The molecule has 2 aromatic carbocycles. The predicted octanol–water partition coefficient (Wildman–Crippen LogP) is 2.35. The predicted molar refractivity (Wildman–Crippen MR) is 124 cm³/mol. The topological polar surface area (TPSA) is 128 Å². The fourth-order valence-corrected chi connectivity index (χ4v) is 5.49. The number of oxazole rings is 1. The van der Waals surface area contributed by atoms with Crippen LogP contribution in [0.4, 0.5) is 5.69 Å². The molecular formula is C23H25N3O7S. The number of carbonyl (C=O) groups is 2. The molecule has 4 rings (SSSR count). The van der Waals surface area contributed by atoms with E-state index in [-0.39, 0.29) is 36.1 Å². The third kappa shape index (κ3) is 4.62. The van der Waals surface area contributed by atoms with E-state index < -0.39 is 27.7 Å². The smallest absolute Gasteiger partial charge is 0.419 e. The van der Waals surface area contributed by atoms with Gasteiger partial charge in [0, 0.05) is 31.9 Å². The molecule has 0 bridgehead atoms. The SMILES string of the molecule is CCOC(=O)c1ccc(NC(=O)[C@H]2CCCN(S(=O)(=O)c3ccc4c(c3)oc(=O)n4C)C2)cc1. The van der Waals surface area contributed by atoms with Crippen LogP contribution in [0, 0.1) is 5.92 Å². The number of nitrogens with one attached hydrogen (secondary N) is 1. The van der Waals surface area contributed by atoms with Gasteiger partial charge < -0.3 is 14.5 Å². The highest BCUT2D eigenvalue weighted by Crippen LogP contribution is 2.27. The van der Waals surface area contributed by atoms with E-state index in [1.165, 1.54) is 27.1 Å². The van der Waals surface area contributed by atoms with E-state index in [0.717, 1.165) is 0 Å². The molecular weight excluding hydrogens is 462 g/mol. The van der Waals surface area contributed by atoms with Gasteiger partial charge in [0.25, 0.3) is 0 Å². The number of esters is 1. The number of anilines is 1. The van der Waals surface area contributed by atoms with Crippen LogP contribution < -0.4 is 11.1 Å². The van der Waals surface area contributed by atoms with Gasteiger partial charge in [-0.05, 0) is 56.2 Å². The summed E-state index contributed by atoms with van der Waals surface area (Å²) in [5.41, 5.74) is 1.56. The fraction of sp³-hybridized carbons (Fsp3) is 0.348. The van der Waals surface area contributed by atoms with Crippen molar-refractivity contribution in [2.24, 2.45) is 13.0 Å². The zero-order chi connectivity index (χ0) is 24.5. The standard InChI is InChI=1S/C23H25N3O7S/c1-3-32-22(28)15-6-8-17(9-7-15)24-21(27)16-5-4-12-26(14-16)34(30,31)18-10-11-19-20(13-18)33-23(29)25(19)2/h6-11,13,16H,3-5,12,14H2,1-2H3,(H,24,27)/t16-/m0/s1. The molecule has 1 N–H and O–H groups in total. The number of ether oxygens (including phenoxy) is 1. The van der Waals surface area contributed by atoms with Gasteiger partial charge in [-0.15, -0.1) is 0 Å². The highest BCUT2D eigenvalue weighted by Gasteiger charge is 2.33. The van der Waals surface area contributed by atoms with Gasteiger partial charge in [0.1, 0.15) is 0 Å². The summed E-state index contributed by atoms with van der Waals surface area (Å²) in [6.45, 7) is 2.31. The number of sulfonamides is 1. The molecule has 1 aliphatic heterocycles. The Labute approximate surface area is 196 Å². The van der Waals surface area contributed by atoms with Crippen LogP contribution in [0.15, 0.2) is 56.6 Å². The maximum absolute atomic E-state index is 13.2. The monoisotopic (exact) mass is 487 g/mol. The first kappa shape index (κ1) is 23.7. The number of rotatable bonds is 6. The van der Waals surface area contributed by atoms with E-state index in [1.54, 1.807) is 38.2 Å². The lowest BCUT2D eigenvalue weighted by Crippen LogP contribution is -2.43. The van der Waals surface area contributed by atoms with E-state index in [2.05, 4.69) is 5.32 Å². The summed E-state index contributed by atoms with van der Waals surface area (Å²) in [5, 5.41) is 2.79. The van der Waals surface area contributed by atoms with E-state index in [0.29, 0.717) is 29.6 Å². The molecule has 11 heteroatoms. The molecule has 2 heterocycles. The molecule has 0 spiro atoms. The Morgan fingerprint density at radius 3 is 2.62 bits per heavy atom. The second kappa shape index (κ2) is 9.43. The van der Waals surface area contributed by atoms with Crippen molar-refractivity contribution in [3.05, 3.63) is 58.6 Å². The summed E-state index contributed by atoms with van der Waals surface area (Å²) in [5.74, 6) is -1.85. The average Bonchev–Trinajstić information content (AvgIpc) is 3.12. The van der Waals surface area contributed by atoms with Gasteiger partial charge in [-0.3, -0.25) is 9.36 Å². The Morgan fingerprint density at radius 2 is 1.91 bits per heavy atom. The maximum atomic E-state index is 13.2. The molecule has 0 aliphatic carbocycles. The first-order chi connectivity index (χ1) is 16.2. The molecule has 1 aliphatic rings. The lowest BCUT2D eigenvalue weighted by atomic mass is 9.98. The molecule has 1 amide bonds. The number of carbonyl (C=O) groups excluding carboxylic acids is 2. The van der Waals surface area contributed by atoms with E-state index in [9.17, 15) is 22.8 Å². The summed E-state index contributed by atoms with van der Waals surface area (Å²) in [6, 6.07) is 10.6. The van der Waals surface area contributed by atoms with Crippen molar-refractivity contribution in [2.75, 3.05) is 25.0 Å².